The van der Waals surface area contributed by atoms with Crippen LogP contribution in [0.3, 0.4) is 0 Å². The first-order valence-electron chi connectivity index (χ1n) is 8.02. The van der Waals surface area contributed by atoms with E-state index in [9.17, 15) is 0 Å². The number of piperazine rings is 1. The van der Waals surface area contributed by atoms with Crippen molar-refractivity contribution in [2.24, 2.45) is 0 Å². The Morgan fingerprint density at radius 3 is 2.87 bits per heavy atom. The van der Waals surface area contributed by atoms with Gasteiger partial charge in [0, 0.05) is 51.0 Å². The van der Waals surface area contributed by atoms with Crippen LogP contribution in [0.4, 0.5) is 5.82 Å². The zero-order chi connectivity index (χ0) is 16.1. The number of aromatic nitrogens is 1. The minimum absolute atomic E-state index is 0.361. The molecule has 1 aliphatic heterocycles. The van der Waals surface area contributed by atoms with E-state index in [1.807, 2.05) is 31.4 Å². The maximum absolute atomic E-state index is 5.26. The highest BCUT2D eigenvalue weighted by Gasteiger charge is 2.24. The van der Waals surface area contributed by atoms with Gasteiger partial charge in [0.1, 0.15) is 11.6 Å². The van der Waals surface area contributed by atoms with Crippen molar-refractivity contribution < 1.29 is 4.74 Å². The zero-order valence-electron chi connectivity index (χ0n) is 13.7. The Morgan fingerprint density at radius 2 is 2.13 bits per heavy atom. The van der Waals surface area contributed by atoms with Crippen LogP contribution in [0.1, 0.15) is 17.2 Å². The summed E-state index contributed by atoms with van der Waals surface area (Å²) in [6.45, 7) is 3.89. The summed E-state index contributed by atoms with van der Waals surface area (Å²) in [5, 5.41) is 6.69. The van der Waals surface area contributed by atoms with Gasteiger partial charge in [0.2, 0.25) is 0 Å². The molecule has 122 valence electrons. The number of methoxy groups -OCH3 is 1. The van der Waals surface area contributed by atoms with E-state index in [4.69, 9.17) is 4.74 Å². The molecule has 0 spiro atoms. The van der Waals surface area contributed by atoms with Crippen molar-refractivity contribution in [2.45, 2.75) is 12.6 Å². The summed E-state index contributed by atoms with van der Waals surface area (Å²) in [4.78, 5) is 6.92. The van der Waals surface area contributed by atoms with E-state index in [-0.39, 0.29) is 0 Å². The summed E-state index contributed by atoms with van der Waals surface area (Å²) in [7, 11) is 3.62. The van der Waals surface area contributed by atoms with Crippen LogP contribution in [0.5, 0.6) is 5.75 Å². The molecule has 5 nitrogen and oxygen atoms in total. The Labute approximate surface area is 137 Å². The molecular weight excluding hydrogens is 288 g/mol. The molecule has 2 N–H and O–H groups in total. The number of rotatable bonds is 5. The van der Waals surface area contributed by atoms with E-state index in [1.165, 1.54) is 11.1 Å². The first-order chi connectivity index (χ1) is 11.3. The molecule has 1 saturated heterocycles. The van der Waals surface area contributed by atoms with Gasteiger partial charge in [0.25, 0.3) is 0 Å². The highest BCUT2D eigenvalue weighted by atomic mass is 16.5. The van der Waals surface area contributed by atoms with E-state index in [2.05, 4.69) is 38.7 Å². The Hall–Kier alpha value is -2.11. The van der Waals surface area contributed by atoms with Gasteiger partial charge in [-0.1, -0.05) is 18.2 Å². The van der Waals surface area contributed by atoms with Crippen molar-refractivity contribution in [3.8, 4) is 5.75 Å². The fourth-order valence-electron chi connectivity index (χ4n) is 3.10. The van der Waals surface area contributed by atoms with Gasteiger partial charge in [0.05, 0.1) is 7.11 Å². The minimum atomic E-state index is 0.361. The van der Waals surface area contributed by atoms with Crippen molar-refractivity contribution >= 4 is 5.82 Å². The van der Waals surface area contributed by atoms with Crippen LogP contribution in [0.25, 0.3) is 0 Å². The number of ether oxygens (including phenoxy) is 1. The van der Waals surface area contributed by atoms with E-state index in [0.29, 0.717) is 6.04 Å². The van der Waals surface area contributed by atoms with Crippen LogP contribution in [-0.4, -0.2) is 43.7 Å². The molecule has 0 bridgehead atoms. The molecule has 3 rings (SSSR count). The second-order valence-electron chi connectivity index (χ2n) is 5.72. The van der Waals surface area contributed by atoms with Crippen molar-refractivity contribution in [3.63, 3.8) is 0 Å². The third kappa shape index (κ3) is 3.63. The quantitative estimate of drug-likeness (QED) is 0.887. The van der Waals surface area contributed by atoms with Gasteiger partial charge in [-0.05, 0) is 23.8 Å². The van der Waals surface area contributed by atoms with E-state index < -0.39 is 0 Å². The fraction of sp³-hybridized carbons (Fsp3) is 0.389. The second kappa shape index (κ2) is 7.44. The summed E-state index contributed by atoms with van der Waals surface area (Å²) in [6.07, 6.45) is 1.83. The lowest BCUT2D eigenvalue weighted by atomic mass is 10.0. The lowest BCUT2D eigenvalue weighted by Gasteiger charge is -2.36. The molecule has 0 radical (unpaired) electrons. The van der Waals surface area contributed by atoms with Crippen LogP contribution in [0, 0.1) is 0 Å². The maximum atomic E-state index is 5.26. The average molecular weight is 312 g/mol. The molecule has 1 aromatic carbocycles. The third-order valence-electron chi connectivity index (χ3n) is 4.36. The molecule has 0 saturated carbocycles. The molecule has 0 aliphatic carbocycles. The Kier molecular flexibility index (Phi) is 5.10. The van der Waals surface area contributed by atoms with Gasteiger partial charge < -0.3 is 15.4 Å². The van der Waals surface area contributed by atoms with Crippen molar-refractivity contribution in [1.82, 2.24) is 15.2 Å². The first kappa shape index (κ1) is 15.8. The van der Waals surface area contributed by atoms with Gasteiger partial charge in [0.15, 0.2) is 0 Å². The fourth-order valence-corrected chi connectivity index (χ4v) is 3.10. The molecular formula is C18H24N4O. The van der Waals surface area contributed by atoms with Crippen LogP contribution < -0.4 is 15.4 Å². The molecule has 1 atom stereocenters. The van der Waals surface area contributed by atoms with E-state index in [0.717, 1.165) is 37.7 Å². The second-order valence-corrected chi connectivity index (χ2v) is 5.72. The summed E-state index contributed by atoms with van der Waals surface area (Å²) < 4.78 is 5.26. The average Bonchev–Trinajstić information content (AvgIpc) is 2.63. The zero-order valence-corrected chi connectivity index (χ0v) is 13.7. The number of nitrogens with zero attached hydrogens (tertiary/aromatic N) is 2. The Balaban J connectivity index is 1.80. The SMILES string of the molecule is CNc1ncccc1CN1CCNCC1c1ccc(OC)cc1. The Bertz CT molecular complexity index is 629. The number of benzene rings is 1. The van der Waals surface area contributed by atoms with Crippen LogP contribution in [0.2, 0.25) is 0 Å². The Morgan fingerprint density at radius 1 is 1.30 bits per heavy atom. The molecule has 2 heterocycles. The van der Waals surface area contributed by atoms with Gasteiger partial charge in [-0.2, -0.15) is 0 Å². The molecule has 1 aliphatic rings. The number of pyridine rings is 1. The van der Waals surface area contributed by atoms with E-state index in [1.54, 1.807) is 7.11 Å². The summed E-state index contributed by atoms with van der Waals surface area (Å²) in [6, 6.07) is 12.9. The highest BCUT2D eigenvalue weighted by molar-refractivity contribution is 5.43. The third-order valence-corrected chi connectivity index (χ3v) is 4.36. The topological polar surface area (TPSA) is 49.4 Å². The number of hydrogen-bond donors (Lipinski definition) is 2. The maximum Gasteiger partial charge on any atom is 0.130 e. The monoisotopic (exact) mass is 312 g/mol. The van der Waals surface area contributed by atoms with Crippen molar-refractivity contribution in [1.29, 1.82) is 0 Å². The minimum Gasteiger partial charge on any atom is -0.497 e. The normalized spacial score (nSPS) is 18.6. The predicted octanol–water partition coefficient (Wildman–Crippen LogP) is 2.28. The highest BCUT2D eigenvalue weighted by Crippen LogP contribution is 2.27. The smallest absolute Gasteiger partial charge is 0.130 e. The number of anilines is 1. The molecule has 1 unspecified atom stereocenters. The van der Waals surface area contributed by atoms with Gasteiger partial charge in [-0.3, -0.25) is 4.90 Å². The number of nitrogens with one attached hydrogen (secondary N) is 2. The summed E-state index contributed by atoms with van der Waals surface area (Å²) in [5.41, 5.74) is 2.54. The van der Waals surface area contributed by atoms with Crippen molar-refractivity contribution in [3.05, 3.63) is 53.7 Å². The molecule has 0 amide bonds. The summed E-state index contributed by atoms with van der Waals surface area (Å²) >= 11 is 0. The number of hydrogen-bond acceptors (Lipinski definition) is 5. The summed E-state index contributed by atoms with van der Waals surface area (Å²) in [5.74, 6) is 1.85. The molecule has 1 fully saturated rings. The lowest BCUT2D eigenvalue weighted by Crippen LogP contribution is -2.45. The molecule has 1 aromatic heterocycles. The molecule has 23 heavy (non-hydrogen) atoms. The largest absolute Gasteiger partial charge is 0.497 e. The first-order valence-corrected chi connectivity index (χ1v) is 8.02. The van der Waals surface area contributed by atoms with Gasteiger partial charge in [-0.15, -0.1) is 0 Å². The lowest BCUT2D eigenvalue weighted by molar-refractivity contribution is 0.154. The van der Waals surface area contributed by atoms with Gasteiger partial charge in [-0.25, -0.2) is 4.98 Å². The van der Waals surface area contributed by atoms with Crippen LogP contribution >= 0.6 is 0 Å². The van der Waals surface area contributed by atoms with Crippen molar-refractivity contribution in [2.75, 3.05) is 39.1 Å². The molecule has 5 heteroatoms. The van der Waals surface area contributed by atoms with Crippen LogP contribution in [-0.2, 0) is 6.54 Å². The predicted molar refractivity (Wildman–Crippen MR) is 92.8 cm³/mol. The standard InChI is InChI=1S/C18H24N4O/c1-19-18-15(4-3-9-21-18)13-22-11-10-20-12-17(22)14-5-7-16(23-2)8-6-14/h3-9,17,20H,10-13H2,1-2H3,(H,19,21). The van der Waals surface area contributed by atoms with Gasteiger partial charge >= 0.3 is 0 Å². The molecule has 2 aromatic rings. The van der Waals surface area contributed by atoms with E-state index >= 15 is 0 Å². The van der Waals surface area contributed by atoms with Crippen LogP contribution in [0.15, 0.2) is 42.6 Å².